The van der Waals surface area contributed by atoms with Crippen LogP contribution in [0.5, 0.6) is 5.75 Å². The number of nitrogens with one attached hydrogen (secondary N) is 1. The van der Waals surface area contributed by atoms with E-state index in [4.69, 9.17) is 4.74 Å². The predicted molar refractivity (Wildman–Crippen MR) is 75.9 cm³/mol. The molecule has 0 saturated heterocycles. The number of sulfonamides is 1. The van der Waals surface area contributed by atoms with E-state index in [9.17, 15) is 12.8 Å². The molecule has 0 aliphatic heterocycles. The maximum atomic E-state index is 13.8. The summed E-state index contributed by atoms with van der Waals surface area (Å²) in [4.78, 5) is 1.74. The average molecular weight is 304 g/mol. The fraction of sp³-hybridized carbons (Fsp3) is 0.538. The van der Waals surface area contributed by atoms with E-state index in [1.165, 1.54) is 12.1 Å². The molecule has 1 N–H and O–H groups in total. The lowest BCUT2D eigenvalue weighted by Crippen LogP contribution is -2.31. The first-order valence-corrected chi connectivity index (χ1v) is 7.81. The Balaban J connectivity index is 2.83. The highest BCUT2D eigenvalue weighted by molar-refractivity contribution is 7.89. The van der Waals surface area contributed by atoms with Crippen LogP contribution < -0.4 is 9.46 Å². The van der Waals surface area contributed by atoms with Crippen LogP contribution in [0.15, 0.2) is 23.1 Å². The van der Waals surface area contributed by atoms with Crippen LogP contribution in [0.1, 0.15) is 13.8 Å². The van der Waals surface area contributed by atoms with Crippen molar-refractivity contribution in [2.75, 3.05) is 27.2 Å². The first kappa shape index (κ1) is 16.9. The van der Waals surface area contributed by atoms with Gasteiger partial charge in [-0.25, -0.2) is 17.5 Å². The fourth-order valence-electron chi connectivity index (χ4n) is 1.49. The molecule has 0 fully saturated rings. The van der Waals surface area contributed by atoms with Crippen molar-refractivity contribution in [2.45, 2.75) is 24.8 Å². The maximum Gasteiger partial charge on any atom is 0.240 e. The third-order valence-corrected chi connectivity index (χ3v) is 3.89. The number of hydrogen-bond acceptors (Lipinski definition) is 4. The van der Waals surface area contributed by atoms with Gasteiger partial charge in [0.2, 0.25) is 10.0 Å². The van der Waals surface area contributed by atoms with Gasteiger partial charge in [-0.15, -0.1) is 0 Å². The van der Waals surface area contributed by atoms with Gasteiger partial charge in [-0.2, -0.15) is 0 Å². The van der Waals surface area contributed by atoms with Gasteiger partial charge in [-0.05, 0) is 46.1 Å². The zero-order valence-electron chi connectivity index (χ0n) is 12.2. The first-order valence-electron chi connectivity index (χ1n) is 6.33. The van der Waals surface area contributed by atoms with E-state index in [-0.39, 0.29) is 23.3 Å². The molecule has 0 saturated carbocycles. The Bertz CT molecular complexity index is 545. The molecule has 0 atom stereocenters. The number of halogens is 1. The molecule has 1 aromatic carbocycles. The summed E-state index contributed by atoms with van der Waals surface area (Å²) in [5, 5.41) is 0. The lowest BCUT2D eigenvalue weighted by atomic mass is 10.3. The van der Waals surface area contributed by atoms with E-state index in [2.05, 4.69) is 4.72 Å². The highest BCUT2D eigenvalue weighted by Gasteiger charge is 2.16. The van der Waals surface area contributed by atoms with Gasteiger partial charge in [-0.3, -0.25) is 0 Å². The number of nitrogens with zero attached hydrogens (tertiary/aromatic N) is 1. The first-order chi connectivity index (χ1) is 9.22. The van der Waals surface area contributed by atoms with Crippen LogP contribution in [0.4, 0.5) is 4.39 Å². The van der Waals surface area contributed by atoms with E-state index >= 15 is 0 Å². The van der Waals surface area contributed by atoms with Crippen molar-refractivity contribution in [2.24, 2.45) is 0 Å². The second-order valence-electron chi connectivity index (χ2n) is 4.96. The Morgan fingerprint density at radius 3 is 2.50 bits per heavy atom. The van der Waals surface area contributed by atoms with Crippen LogP contribution in [-0.4, -0.2) is 46.6 Å². The lowest BCUT2D eigenvalue weighted by molar-refractivity contribution is 0.231. The smallest absolute Gasteiger partial charge is 0.240 e. The van der Waals surface area contributed by atoms with Crippen molar-refractivity contribution in [1.82, 2.24) is 9.62 Å². The van der Waals surface area contributed by atoms with Gasteiger partial charge in [0.15, 0.2) is 11.6 Å². The molecule has 0 bridgehead atoms. The van der Waals surface area contributed by atoms with Crippen molar-refractivity contribution in [3.8, 4) is 5.75 Å². The average Bonchev–Trinajstić information content (AvgIpc) is 2.30. The van der Waals surface area contributed by atoms with Crippen LogP contribution in [-0.2, 0) is 10.0 Å². The monoisotopic (exact) mass is 304 g/mol. The van der Waals surface area contributed by atoms with Crippen LogP contribution in [0.25, 0.3) is 0 Å². The van der Waals surface area contributed by atoms with Gasteiger partial charge in [0.25, 0.3) is 0 Å². The molecule has 0 heterocycles. The Labute approximate surface area is 119 Å². The summed E-state index contributed by atoms with van der Waals surface area (Å²) in [6.45, 7) is 4.37. The third kappa shape index (κ3) is 5.07. The molecule has 20 heavy (non-hydrogen) atoms. The standard InChI is InChI=1S/C13H21FN2O3S/c1-10(2)19-13-6-5-11(9-12(13)14)20(17,18)15-7-8-16(3)4/h5-6,9-10,15H,7-8H2,1-4H3. The SMILES string of the molecule is CC(C)Oc1ccc(S(=O)(=O)NCCN(C)C)cc1F. The Morgan fingerprint density at radius 1 is 1.35 bits per heavy atom. The third-order valence-electron chi connectivity index (χ3n) is 2.43. The van der Waals surface area contributed by atoms with Gasteiger partial charge in [0, 0.05) is 13.1 Å². The summed E-state index contributed by atoms with van der Waals surface area (Å²) in [5.74, 6) is -0.638. The normalized spacial score (nSPS) is 12.2. The largest absolute Gasteiger partial charge is 0.488 e. The zero-order valence-corrected chi connectivity index (χ0v) is 13.0. The van der Waals surface area contributed by atoms with E-state index < -0.39 is 15.8 Å². The Hall–Kier alpha value is -1.18. The molecule has 5 nitrogen and oxygen atoms in total. The van der Waals surface area contributed by atoms with Crippen LogP contribution >= 0.6 is 0 Å². The second kappa shape index (κ2) is 7.01. The highest BCUT2D eigenvalue weighted by Crippen LogP contribution is 2.21. The van der Waals surface area contributed by atoms with Gasteiger partial charge in [0.1, 0.15) is 0 Å². The number of benzene rings is 1. The summed E-state index contributed by atoms with van der Waals surface area (Å²) in [6, 6.07) is 3.63. The molecule has 0 amide bonds. The van der Waals surface area contributed by atoms with Gasteiger partial charge < -0.3 is 9.64 Å². The molecule has 0 spiro atoms. The molecule has 0 radical (unpaired) electrons. The number of ether oxygens (including phenoxy) is 1. The summed E-state index contributed by atoms with van der Waals surface area (Å²) in [6.07, 6.45) is -0.176. The predicted octanol–water partition coefficient (Wildman–Crippen LogP) is 1.45. The topological polar surface area (TPSA) is 58.6 Å². The van der Waals surface area contributed by atoms with Gasteiger partial charge >= 0.3 is 0 Å². The number of rotatable bonds is 7. The maximum absolute atomic E-state index is 13.8. The summed E-state index contributed by atoms with van der Waals surface area (Å²) in [5.41, 5.74) is 0. The van der Waals surface area contributed by atoms with Crippen molar-refractivity contribution >= 4 is 10.0 Å². The van der Waals surface area contributed by atoms with Crippen molar-refractivity contribution in [3.63, 3.8) is 0 Å². The molecular formula is C13H21FN2O3S. The highest BCUT2D eigenvalue weighted by atomic mass is 32.2. The number of likely N-dealkylation sites (N-methyl/N-ethyl adjacent to an activating group) is 1. The van der Waals surface area contributed by atoms with Crippen molar-refractivity contribution in [1.29, 1.82) is 0 Å². The summed E-state index contributed by atoms with van der Waals surface area (Å²) in [7, 11) is -0.0173. The molecule has 0 aromatic heterocycles. The lowest BCUT2D eigenvalue weighted by Gasteiger charge is -2.13. The zero-order chi connectivity index (χ0) is 15.3. The van der Waals surface area contributed by atoms with Gasteiger partial charge in [0.05, 0.1) is 11.0 Å². The van der Waals surface area contributed by atoms with E-state index in [0.717, 1.165) is 6.07 Å². The van der Waals surface area contributed by atoms with Crippen LogP contribution in [0.2, 0.25) is 0 Å². The molecule has 114 valence electrons. The molecule has 1 aromatic rings. The van der Waals surface area contributed by atoms with E-state index in [0.29, 0.717) is 6.54 Å². The molecule has 0 aliphatic carbocycles. The minimum Gasteiger partial charge on any atom is -0.488 e. The molecule has 7 heteroatoms. The minimum atomic E-state index is -3.70. The van der Waals surface area contributed by atoms with E-state index in [1.54, 1.807) is 13.8 Å². The van der Waals surface area contributed by atoms with Crippen molar-refractivity contribution in [3.05, 3.63) is 24.0 Å². The van der Waals surface area contributed by atoms with Crippen LogP contribution in [0, 0.1) is 5.82 Å². The van der Waals surface area contributed by atoms with E-state index in [1.807, 2.05) is 19.0 Å². The van der Waals surface area contributed by atoms with Crippen molar-refractivity contribution < 1.29 is 17.5 Å². The summed E-state index contributed by atoms with van der Waals surface area (Å²) >= 11 is 0. The molecular weight excluding hydrogens is 283 g/mol. The Kier molecular flexibility index (Phi) is 5.91. The fourth-order valence-corrected chi connectivity index (χ4v) is 2.52. The van der Waals surface area contributed by atoms with Crippen LogP contribution in [0.3, 0.4) is 0 Å². The second-order valence-corrected chi connectivity index (χ2v) is 6.73. The minimum absolute atomic E-state index is 0.0484. The Morgan fingerprint density at radius 2 is 2.00 bits per heavy atom. The van der Waals surface area contributed by atoms with Gasteiger partial charge in [-0.1, -0.05) is 0 Å². The molecule has 0 aliphatic rings. The molecule has 0 unspecified atom stereocenters. The number of hydrogen-bond donors (Lipinski definition) is 1. The summed E-state index contributed by atoms with van der Waals surface area (Å²) < 4.78 is 45.3. The quantitative estimate of drug-likeness (QED) is 0.828. The molecule has 1 rings (SSSR count).